The molecule has 3 N–H and O–H groups in total. The highest BCUT2D eigenvalue weighted by molar-refractivity contribution is 5.87. The maximum absolute atomic E-state index is 6.19. The smallest absolute Gasteiger partial charge is 0.224 e. The van der Waals surface area contributed by atoms with E-state index in [0.717, 1.165) is 42.1 Å². The van der Waals surface area contributed by atoms with Crippen molar-refractivity contribution in [2.24, 2.45) is 0 Å². The van der Waals surface area contributed by atoms with Crippen molar-refractivity contribution < 1.29 is 14.2 Å². The summed E-state index contributed by atoms with van der Waals surface area (Å²) >= 11 is 0. The molecule has 5 rings (SSSR count). The van der Waals surface area contributed by atoms with Gasteiger partial charge in [-0.1, -0.05) is 18.2 Å². The Hall–Kier alpha value is -4.05. The molecule has 0 radical (unpaired) electrons. The topological polar surface area (TPSA) is 113 Å². The molecule has 36 heavy (non-hydrogen) atoms. The Bertz CT molecular complexity index is 1370. The van der Waals surface area contributed by atoms with Crippen LogP contribution in [0.3, 0.4) is 0 Å². The van der Waals surface area contributed by atoms with E-state index in [4.69, 9.17) is 24.9 Å². The van der Waals surface area contributed by atoms with Gasteiger partial charge in [0.2, 0.25) is 11.9 Å². The van der Waals surface area contributed by atoms with E-state index in [9.17, 15) is 0 Å². The van der Waals surface area contributed by atoms with Gasteiger partial charge in [0.05, 0.1) is 27.4 Å². The molecule has 3 heterocycles. The highest BCUT2D eigenvalue weighted by Crippen LogP contribution is 2.31. The van der Waals surface area contributed by atoms with Crippen molar-refractivity contribution >= 4 is 34.6 Å². The van der Waals surface area contributed by atoms with Crippen LogP contribution in [0.4, 0.5) is 23.4 Å². The summed E-state index contributed by atoms with van der Waals surface area (Å²) in [5, 5.41) is 3.48. The van der Waals surface area contributed by atoms with Gasteiger partial charge in [-0.3, -0.25) is 4.57 Å². The minimum Gasteiger partial charge on any atom is -0.493 e. The molecule has 188 valence electrons. The summed E-state index contributed by atoms with van der Waals surface area (Å²) in [6.45, 7) is 5.42. The van der Waals surface area contributed by atoms with E-state index in [-0.39, 0.29) is 5.95 Å². The molecular weight excluding hydrogens is 458 g/mol. The fraction of sp³-hybridized carbons (Fsp3) is 0.346. The zero-order valence-corrected chi connectivity index (χ0v) is 20.8. The van der Waals surface area contributed by atoms with Gasteiger partial charge in [0.1, 0.15) is 0 Å². The monoisotopic (exact) mass is 489 g/mol. The van der Waals surface area contributed by atoms with Crippen LogP contribution >= 0.6 is 0 Å². The molecule has 1 aliphatic heterocycles. The summed E-state index contributed by atoms with van der Waals surface area (Å²) in [5.41, 5.74) is 10.8. The zero-order chi connectivity index (χ0) is 25.1. The molecule has 1 fully saturated rings. The summed E-state index contributed by atoms with van der Waals surface area (Å²) in [5.74, 6) is 3.04. The number of nitrogens with two attached hydrogens (primary N) is 1. The van der Waals surface area contributed by atoms with Crippen LogP contribution in [0, 0.1) is 6.92 Å². The maximum atomic E-state index is 6.19. The Morgan fingerprint density at radius 3 is 2.56 bits per heavy atom. The number of aromatic nitrogens is 4. The van der Waals surface area contributed by atoms with Crippen LogP contribution in [0.5, 0.6) is 11.5 Å². The van der Waals surface area contributed by atoms with Crippen molar-refractivity contribution in [3.8, 4) is 11.5 Å². The second-order valence-electron chi connectivity index (χ2n) is 8.70. The second-order valence-corrected chi connectivity index (χ2v) is 8.70. The number of nitrogens with one attached hydrogen (secondary N) is 1. The lowest BCUT2D eigenvalue weighted by Gasteiger charge is -2.27. The van der Waals surface area contributed by atoms with E-state index < -0.39 is 0 Å². The van der Waals surface area contributed by atoms with Gasteiger partial charge in [0.25, 0.3) is 0 Å². The van der Waals surface area contributed by atoms with Crippen molar-refractivity contribution in [1.82, 2.24) is 19.5 Å². The summed E-state index contributed by atoms with van der Waals surface area (Å²) in [6.07, 6.45) is 0.727. The Labute approximate surface area is 210 Å². The Balaban J connectivity index is 1.55. The summed E-state index contributed by atoms with van der Waals surface area (Å²) in [7, 11) is 3.27. The van der Waals surface area contributed by atoms with Crippen LogP contribution in [-0.4, -0.2) is 60.0 Å². The predicted octanol–water partition coefficient (Wildman–Crippen LogP) is 3.56. The molecule has 0 bridgehead atoms. The number of morpholine rings is 1. The lowest BCUT2D eigenvalue weighted by Crippen LogP contribution is -2.37. The third-order valence-corrected chi connectivity index (χ3v) is 6.25. The van der Waals surface area contributed by atoms with Crippen molar-refractivity contribution in [1.29, 1.82) is 0 Å². The largest absolute Gasteiger partial charge is 0.493 e. The Morgan fingerprint density at radius 1 is 1.00 bits per heavy atom. The number of nitrogen functional groups attached to an aromatic ring is 1. The fourth-order valence-corrected chi connectivity index (χ4v) is 4.43. The molecule has 10 heteroatoms. The lowest BCUT2D eigenvalue weighted by atomic mass is 10.1. The van der Waals surface area contributed by atoms with Crippen molar-refractivity contribution in [3.05, 3.63) is 53.6 Å². The molecule has 0 saturated carbocycles. The van der Waals surface area contributed by atoms with Crippen molar-refractivity contribution in [2.75, 3.05) is 56.5 Å². The number of methoxy groups -OCH3 is 2. The summed E-state index contributed by atoms with van der Waals surface area (Å²) < 4.78 is 18.5. The van der Waals surface area contributed by atoms with Crippen LogP contribution in [-0.2, 0) is 17.7 Å². The van der Waals surface area contributed by atoms with Crippen LogP contribution in [0.25, 0.3) is 11.2 Å². The molecular formula is C26H31N7O3. The third kappa shape index (κ3) is 4.85. The number of imidazole rings is 1. The number of nitrogens with zero attached hydrogens (tertiary/aromatic N) is 5. The summed E-state index contributed by atoms with van der Waals surface area (Å²) in [4.78, 5) is 16.3. The number of benzene rings is 2. The van der Waals surface area contributed by atoms with Gasteiger partial charge in [-0.25, -0.2) is 4.98 Å². The number of aryl methyl sites for hydroxylation is 3. The number of ether oxygens (including phenoxy) is 3. The quantitative estimate of drug-likeness (QED) is 0.384. The van der Waals surface area contributed by atoms with E-state index in [0.29, 0.717) is 48.4 Å². The SMILES string of the molecule is COc1ccc(CCn2c(Nc3cccc(C)c3)nc3c(N4CCOCC4)nc(N)nc32)cc1OC. The Kier molecular flexibility index (Phi) is 6.77. The van der Waals surface area contributed by atoms with Gasteiger partial charge in [-0.05, 0) is 48.7 Å². The van der Waals surface area contributed by atoms with Crippen LogP contribution < -0.4 is 25.4 Å². The second kappa shape index (κ2) is 10.3. The molecule has 0 amide bonds. The average molecular weight is 490 g/mol. The number of anilines is 4. The first-order valence-electron chi connectivity index (χ1n) is 12.0. The number of hydrogen-bond donors (Lipinski definition) is 2. The normalized spacial score (nSPS) is 13.7. The van der Waals surface area contributed by atoms with Gasteiger partial charge in [-0.2, -0.15) is 9.97 Å². The number of rotatable bonds is 8. The standard InChI is InChI=1S/C26H31N7O3/c1-17-5-4-6-19(15-17)28-26-29-22-23(32-11-13-36-14-12-32)30-25(27)31-24(22)33(26)10-9-18-7-8-20(34-2)21(16-18)35-3/h4-8,15-16H,9-14H2,1-3H3,(H,28,29)(H2,27,30,31). The van der Waals surface area contributed by atoms with E-state index in [1.165, 1.54) is 0 Å². The molecule has 0 atom stereocenters. The van der Waals surface area contributed by atoms with Crippen LogP contribution in [0.2, 0.25) is 0 Å². The predicted molar refractivity (Wildman–Crippen MR) is 140 cm³/mol. The lowest BCUT2D eigenvalue weighted by molar-refractivity contribution is 0.122. The first-order valence-corrected chi connectivity index (χ1v) is 12.0. The Morgan fingerprint density at radius 2 is 1.81 bits per heavy atom. The summed E-state index contributed by atoms with van der Waals surface area (Å²) in [6, 6.07) is 14.1. The van der Waals surface area contributed by atoms with Crippen LogP contribution in [0.15, 0.2) is 42.5 Å². The molecule has 10 nitrogen and oxygen atoms in total. The van der Waals surface area contributed by atoms with Gasteiger partial charge < -0.3 is 30.2 Å². The fourth-order valence-electron chi connectivity index (χ4n) is 4.43. The number of hydrogen-bond acceptors (Lipinski definition) is 9. The van der Waals surface area contributed by atoms with E-state index >= 15 is 0 Å². The third-order valence-electron chi connectivity index (χ3n) is 6.25. The zero-order valence-electron chi connectivity index (χ0n) is 20.8. The molecule has 2 aromatic carbocycles. The van der Waals surface area contributed by atoms with Crippen LogP contribution in [0.1, 0.15) is 11.1 Å². The highest BCUT2D eigenvalue weighted by Gasteiger charge is 2.23. The maximum Gasteiger partial charge on any atom is 0.224 e. The van der Waals surface area contributed by atoms with Gasteiger partial charge >= 0.3 is 0 Å². The van der Waals surface area contributed by atoms with Crippen molar-refractivity contribution in [2.45, 2.75) is 19.9 Å². The molecule has 0 unspecified atom stereocenters. The van der Waals surface area contributed by atoms with E-state index in [1.54, 1.807) is 14.2 Å². The molecule has 0 aliphatic carbocycles. The molecule has 0 spiro atoms. The molecule has 2 aromatic heterocycles. The molecule has 1 aliphatic rings. The molecule has 1 saturated heterocycles. The first-order chi connectivity index (χ1) is 17.6. The minimum absolute atomic E-state index is 0.221. The van der Waals surface area contributed by atoms with E-state index in [2.05, 4.69) is 43.8 Å². The van der Waals surface area contributed by atoms with Gasteiger partial charge in [-0.15, -0.1) is 0 Å². The van der Waals surface area contributed by atoms with Gasteiger partial charge in [0.15, 0.2) is 28.5 Å². The first kappa shape index (κ1) is 23.7. The molecule has 4 aromatic rings. The average Bonchev–Trinajstić information content (AvgIpc) is 3.23. The highest BCUT2D eigenvalue weighted by atomic mass is 16.5. The van der Waals surface area contributed by atoms with Crippen molar-refractivity contribution in [3.63, 3.8) is 0 Å². The van der Waals surface area contributed by atoms with Gasteiger partial charge in [0, 0.05) is 25.3 Å². The number of fused-ring (bicyclic) bond motifs is 1. The minimum atomic E-state index is 0.221. The van der Waals surface area contributed by atoms with E-state index in [1.807, 2.05) is 30.3 Å².